The van der Waals surface area contributed by atoms with Gasteiger partial charge in [0.25, 0.3) is 0 Å². The minimum Gasteiger partial charge on any atom is -0.324 e. The van der Waals surface area contributed by atoms with E-state index in [-0.39, 0.29) is 18.3 Å². The van der Waals surface area contributed by atoms with Gasteiger partial charge >= 0.3 is 0 Å². The van der Waals surface area contributed by atoms with Crippen LogP contribution in [0.5, 0.6) is 0 Å². The molecule has 17 heavy (non-hydrogen) atoms. The van der Waals surface area contributed by atoms with Gasteiger partial charge in [0.05, 0.1) is 10.6 Å². The van der Waals surface area contributed by atoms with Crippen molar-refractivity contribution in [2.24, 2.45) is 5.73 Å². The molecule has 1 fully saturated rings. The van der Waals surface area contributed by atoms with Crippen molar-refractivity contribution < 1.29 is 4.79 Å². The number of halogens is 3. The summed E-state index contributed by atoms with van der Waals surface area (Å²) >= 11 is 9.16. The quantitative estimate of drug-likeness (QED) is 0.868. The maximum Gasteiger partial charge on any atom is 0.244 e. The van der Waals surface area contributed by atoms with E-state index in [1.54, 1.807) is 18.2 Å². The molecule has 1 aliphatic rings. The van der Waals surface area contributed by atoms with Gasteiger partial charge < -0.3 is 11.1 Å². The molecule has 0 aliphatic heterocycles. The largest absolute Gasteiger partial charge is 0.324 e. The minimum atomic E-state index is -0.674. The maximum atomic E-state index is 11.8. The van der Waals surface area contributed by atoms with E-state index in [0.29, 0.717) is 10.7 Å². The van der Waals surface area contributed by atoms with Crippen LogP contribution >= 0.6 is 39.9 Å². The first-order valence-corrected chi connectivity index (χ1v) is 6.24. The average molecular weight is 340 g/mol. The Morgan fingerprint density at radius 3 is 2.59 bits per heavy atom. The van der Waals surface area contributed by atoms with Gasteiger partial charge in [-0.05, 0) is 53.4 Å². The van der Waals surface area contributed by atoms with Crippen LogP contribution in [0.2, 0.25) is 5.02 Å². The maximum absolute atomic E-state index is 11.8. The van der Waals surface area contributed by atoms with E-state index in [4.69, 9.17) is 17.3 Å². The van der Waals surface area contributed by atoms with E-state index in [1.807, 2.05) is 0 Å². The Hall–Kier alpha value is -0.290. The molecule has 94 valence electrons. The van der Waals surface area contributed by atoms with Crippen LogP contribution in [-0.4, -0.2) is 11.4 Å². The summed E-state index contributed by atoms with van der Waals surface area (Å²) in [6.07, 6.45) is 2.54. The predicted molar refractivity (Wildman–Crippen MR) is 75.8 cm³/mol. The molecule has 3 nitrogen and oxygen atoms in total. The zero-order chi connectivity index (χ0) is 11.8. The summed E-state index contributed by atoms with van der Waals surface area (Å²) in [5.74, 6) is -0.118. The Morgan fingerprint density at radius 2 is 2.12 bits per heavy atom. The molecule has 6 heteroatoms. The first kappa shape index (κ1) is 14.8. The highest BCUT2D eigenvalue weighted by molar-refractivity contribution is 9.10. The van der Waals surface area contributed by atoms with E-state index in [0.717, 1.165) is 23.7 Å². The van der Waals surface area contributed by atoms with Gasteiger partial charge in [-0.2, -0.15) is 0 Å². The van der Waals surface area contributed by atoms with Gasteiger partial charge in [-0.25, -0.2) is 0 Å². The van der Waals surface area contributed by atoms with Crippen molar-refractivity contribution in [1.29, 1.82) is 0 Å². The van der Waals surface area contributed by atoms with E-state index < -0.39 is 5.54 Å². The molecular formula is C11H13BrCl2N2O. The lowest BCUT2D eigenvalue weighted by Crippen LogP contribution is -2.56. The summed E-state index contributed by atoms with van der Waals surface area (Å²) in [6.45, 7) is 0. The van der Waals surface area contributed by atoms with Crippen LogP contribution in [0.4, 0.5) is 5.69 Å². The number of hydrogen-bond donors (Lipinski definition) is 2. The fraction of sp³-hybridized carbons (Fsp3) is 0.364. The number of carbonyl (C=O) groups is 1. The van der Waals surface area contributed by atoms with Gasteiger partial charge in [0.2, 0.25) is 5.91 Å². The highest BCUT2D eigenvalue weighted by Gasteiger charge is 2.40. The number of nitrogens with two attached hydrogens (primary N) is 1. The lowest BCUT2D eigenvalue weighted by Gasteiger charge is -2.36. The van der Waals surface area contributed by atoms with Gasteiger partial charge in [-0.1, -0.05) is 11.6 Å². The Morgan fingerprint density at radius 1 is 1.47 bits per heavy atom. The predicted octanol–water partition coefficient (Wildman–Crippen LogP) is 3.34. The summed E-state index contributed by atoms with van der Waals surface area (Å²) in [6, 6.07) is 5.25. The smallest absolute Gasteiger partial charge is 0.244 e. The number of nitrogens with one attached hydrogen (secondary N) is 1. The van der Waals surface area contributed by atoms with Crippen LogP contribution in [-0.2, 0) is 4.79 Å². The van der Waals surface area contributed by atoms with Crippen LogP contribution in [0, 0.1) is 0 Å². The lowest BCUT2D eigenvalue weighted by atomic mass is 9.77. The lowest BCUT2D eigenvalue weighted by molar-refractivity contribution is -0.123. The Kier molecular flexibility index (Phi) is 4.84. The molecule has 2 rings (SSSR count). The molecule has 0 radical (unpaired) electrons. The monoisotopic (exact) mass is 338 g/mol. The first-order valence-electron chi connectivity index (χ1n) is 5.07. The Bertz CT molecular complexity index is 435. The molecule has 0 bridgehead atoms. The summed E-state index contributed by atoms with van der Waals surface area (Å²) in [4.78, 5) is 11.8. The molecule has 1 aliphatic carbocycles. The second-order valence-corrected chi connectivity index (χ2v) is 5.35. The number of rotatable bonds is 2. The molecule has 0 aromatic heterocycles. The second-order valence-electron chi connectivity index (χ2n) is 4.09. The van der Waals surface area contributed by atoms with Crippen molar-refractivity contribution in [3.8, 4) is 0 Å². The van der Waals surface area contributed by atoms with Gasteiger partial charge in [0, 0.05) is 10.2 Å². The summed E-state index contributed by atoms with van der Waals surface area (Å²) < 4.78 is 0.756. The molecule has 1 saturated carbocycles. The molecule has 3 N–H and O–H groups in total. The fourth-order valence-corrected chi connectivity index (χ4v) is 2.11. The topological polar surface area (TPSA) is 55.1 Å². The van der Waals surface area contributed by atoms with Crippen LogP contribution in [0.25, 0.3) is 0 Å². The third-order valence-electron chi connectivity index (χ3n) is 2.88. The van der Waals surface area contributed by atoms with Gasteiger partial charge in [-0.15, -0.1) is 12.4 Å². The SMILES string of the molecule is Cl.NC1(C(=O)Nc2ccc(Cl)c(Br)c2)CCC1. The van der Waals surface area contributed by atoms with Crippen LogP contribution in [0.3, 0.4) is 0 Å². The number of amides is 1. The molecule has 0 atom stereocenters. The standard InChI is InChI=1S/C11H12BrClN2O.ClH/c12-8-6-7(2-3-9(8)13)15-10(16)11(14)4-1-5-11;/h2-3,6H,1,4-5,14H2,(H,15,16);1H. The van der Waals surface area contributed by atoms with Crippen molar-refractivity contribution in [1.82, 2.24) is 0 Å². The third kappa shape index (κ3) is 3.13. The fourth-order valence-electron chi connectivity index (χ4n) is 1.61. The van der Waals surface area contributed by atoms with Crippen molar-refractivity contribution in [2.45, 2.75) is 24.8 Å². The van der Waals surface area contributed by atoms with E-state index >= 15 is 0 Å². The zero-order valence-corrected chi connectivity index (χ0v) is 12.2. The normalized spacial score (nSPS) is 16.6. The Balaban J connectivity index is 0.00000144. The molecule has 1 aromatic carbocycles. The molecule has 0 saturated heterocycles. The van der Waals surface area contributed by atoms with Crippen molar-refractivity contribution in [2.75, 3.05) is 5.32 Å². The number of benzene rings is 1. The van der Waals surface area contributed by atoms with Gasteiger partial charge in [-0.3, -0.25) is 4.79 Å². The number of hydrogen-bond acceptors (Lipinski definition) is 2. The van der Waals surface area contributed by atoms with E-state index in [9.17, 15) is 4.79 Å². The third-order valence-corrected chi connectivity index (χ3v) is 4.09. The van der Waals surface area contributed by atoms with Crippen LogP contribution < -0.4 is 11.1 Å². The Labute approximate surface area is 120 Å². The highest BCUT2D eigenvalue weighted by Crippen LogP contribution is 2.31. The number of carbonyl (C=O) groups excluding carboxylic acids is 1. The van der Waals surface area contributed by atoms with Crippen molar-refractivity contribution in [3.63, 3.8) is 0 Å². The second kappa shape index (κ2) is 5.57. The van der Waals surface area contributed by atoms with Crippen molar-refractivity contribution in [3.05, 3.63) is 27.7 Å². The van der Waals surface area contributed by atoms with E-state index in [2.05, 4.69) is 21.2 Å². The molecule has 0 unspecified atom stereocenters. The van der Waals surface area contributed by atoms with Gasteiger partial charge in [0.15, 0.2) is 0 Å². The van der Waals surface area contributed by atoms with Gasteiger partial charge in [0.1, 0.15) is 0 Å². The van der Waals surface area contributed by atoms with E-state index in [1.165, 1.54) is 0 Å². The summed E-state index contributed by atoms with van der Waals surface area (Å²) in [7, 11) is 0. The minimum absolute atomic E-state index is 0. The van der Waals surface area contributed by atoms with Crippen LogP contribution in [0.15, 0.2) is 22.7 Å². The van der Waals surface area contributed by atoms with Crippen molar-refractivity contribution >= 4 is 51.5 Å². The summed E-state index contributed by atoms with van der Waals surface area (Å²) in [5.41, 5.74) is 5.94. The molecule has 1 aromatic rings. The number of anilines is 1. The molecule has 1 amide bonds. The molecule has 0 spiro atoms. The molecule has 0 heterocycles. The summed E-state index contributed by atoms with van der Waals surface area (Å²) in [5, 5.41) is 3.41. The highest BCUT2D eigenvalue weighted by atomic mass is 79.9. The molecular weight excluding hydrogens is 327 g/mol. The average Bonchev–Trinajstić information content (AvgIpc) is 2.20. The zero-order valence-electron chi connectivity index (χ0n) is 9.00. The van der Waals surface area contributed by atoms with Crippen LogP contribution in [0.1, 0.15) is 19.3 Å². The first-order chi connectivity index (χ1) is 7.51.